The Morgan fingerprint density at radius 1 is 0.368 bits per heavy atom. The number of benzene rings is 8. The molecular weight excluding hydrogens is 699 g/mol. The predicted molar refractivity (Wildman–Crippen MR) is 232 cm³/mol. The summed E-state index contributed by atoms with van der Waals surface area (Å²) in [6.45, 7) is 0. The fourth-order valence-electron chi connectivity index (χ4n) is 8.65. The highest BCUT2D eigenvalue weighted by molar-refractivity contribution is 6.21. The van der Waals surface area contributed by atoms with E-state index in [1.54, 1.807) is 0 Å². The van der Waals surface area contributed by atoms with Gasteiger partial charge in [-0.1, -0.05) is 140 Å². The zero-order chi connectivity index (χ0) is 37.5. The zero-order valence-corrected chi connectivity index (χ0v) is 30.5. The van der Waals surface area contributed by atoms with Crippen LogP contribution in [-0.4, -0.2) is 24.1 Å². The fraction of sp³-hybridized carbons (Fsp3) is 0. The molecular formula is C51H31N5O. The lowest BCUT2D eigenvalue weighted by atomic mass is 10.1. The van der Waals surface area contributed by atoms with Crippen LogP contribution in [0.5, 0.6) is 0 Å². The molecule has 12 aromatic rings. The third-order valence-electron chi connectivity index (χ3n) is 11.2. The first-order valence-corrected chi connectivity index (χ1v) is 19.1. The van der Waals surface area contributed by atoms with Gasteiger partial charge >= 0.3 is 0 Å². The Bertz CT molecular complexity index is 3410. The second-order valence-electron chi connectivity index (χ2n) is 14.4. The Hall–Kier alpha value is -7.83. The normalized spacial score (nSPS) is 11.9. The summed E-state index contributed by atoms with van der Waals surface area (Å²) in [5, 5.41) is 6.83. The van der Waals surface area contributed by atoms with Gasteiger partial charge in [0.15, 0.2) is 23.1 Å². The van der Waals surface area contributed by atoms with Gasteiger partial charge in [0.1, 0.15) is 5.58 Å². The van der Waals surface area contributed by atoms with Crippen molar-refractivity contribution in [1.29, 1.82) is 0 Å². The van der Waals surface area contributed by atoms with Crippen molar-refractivity contribution in [1.82, 2.24) is 24.1 Å². The Balaban J connectivity index is 1.21. The summed E-state index contributed by atoms with van der Waals surface area (Å²) in [6.07, 6.45) is 0. The molecule has 266 valence electrons. The molecule has 0 unspecified atom stereocenters. The van der Waals surface area contributed by atoms with Crippen LogP contribution in [0.3, 0.4) is 0 Å². The first-order valence-electron chi connectivity index (χ1n) is 19.1. The highest BCUT2D eigenvalue weighted by Gasteiger charge is 2.23. The highest BCUT2D eigenvalue weighted by Crippen LogP contribution is 2.42. The maximum absolute atomic E-state index is 6.72. The van der Waals surface area contributed by atoms with E-state index < -0.39 is 0 Å². The Labute approximate surface area is 326 Å². The van der Waals surface area contributed by atoms with Gasteiger partial charge in [0, 0.05) is 54.7 Å². The minimum absolute atomic E-state index is 0.580. The number of nitrogens with zero attached hydrogens (tertiary/aromatic N) is 5. The molecule has 0 atom stereocenters. The topological polar surface area (TPSA) is 61.7 Å². The Morgan fingerprint density at radius 3 is 1.49 bits per heavy atom. The highest BCUT2D eigenvalue weighted by atomic mass is 16.3. The molecule has 8 aromatic carbocycles. The van der Waals surface area contributed by atoms with Gasteiger partial charge in [0.05, 0.1) is 27.8 Å². The van der Waals surface area contributed by atoms with E-state index in [1.165, 1.54) is 10.8 Å². The number of hydrogen-bond donors (Lipinski definition) is 0. The van der Waals surface area contributed by atoms with E-state index in [9.17, 15) is 0 Å². The number of para-hydroxylation sites is 4. The smallest absolute Gasteiger partial charge is 0.166 e. The molecule has 57 heavy (non-hydrogen) atoms. The SMILES string of the molecule is c1ccc(-c2nc(-c3ccccc3)nc(-c3cc(-n4c5ccccc5c5ccc6c7ccccc7oc6c54)ccc3-n3c4ccccc4c4ccccc43)n2)cc1. The molecule has 0 saturated heterocycles. The summed E-state index contributed by atoms with van der Waals surface area (Å²) in [5.41, 5.74) is 10.7. The van der Waals surface area contributed by atoms with Crippen molar-refractivity contribution in [3.63, 3.8) is 0 Å². The number of aromatic nitrogens is 5. The lowest BCUT2D eigenvalue weighted by Gasteiger charge is -2.17. The van der Waals surface area contributed by atoms with Gasteiger partial charge in [-0.15, -0.1) is 0 Å². The predicted octanol–water partition coefficient (Wildman–Crippen LogP) is 13.0. The van der Waals surface area contributed by atoms with Gasteiger partial charge in [0.2, 0.25) is 0 Å². The van der Waals surface area contributed by atoms with Crippen LogP contribution in [0, 0.1) is 0 Å². The van der Waals surface area contributed by atoms with E-state index in [0.29, 0.717) is 17.5 Å². The van der Waals surface area contributed by atoms with Crippen molar-refractivity contribution in [2.45, 2.75) is 0 Å². The monoisotopic (exact) mass is 729 g/mol. The lowest BCUT2D eigenvalue weighted by molar-refractivity contribution is 0.671. The summed E-state index contributed by atoms with van der Waals surface area (Å²) in [4.78, 5) is 15.6. The zero-order valence-electron chi connectivity index (χ0n) is 30.5. The van der Waals surface area contributed by atoms with Crippen LogP contribution >= 0.6 is 0 Å². The Morgan fingerprint density at radius 2 is 0.860 bits per heavy atom. The van der Waals surface area contributed by atoms with Crippen LogP contribution < -0.4 is 0 Å². The first kappa shape index (κ1) is 31.5. The van der Waals surface area contributed by atoms with Gasteiger partial charge in [-0.2, -0.15) is 0 Å². The molecule has 0 radical (unpaired) electrons. The number of fused-ring (bicyclic) bond motifs is 10. The van der Waals surface area contributed by atoms with E-state index in [-0.39, 0.29) is 0 Å². The van der Waals surface area contributed by atoms with Crippen LogP contribution in [0.15, 0.2) is 192 Å². The molecule has 0 aliphatic carbocycles. The van der Waals surface area contributed by atoms with Gasteiger partial charge in [-0.3, -0.25) is 0 Å². The largest absolute Gasteiger partial charge is 0.454 e. The Kier molecular flexibility index (Phi) is 6.83. The molecule has 0 aliphatic heterocycles. The molecule has 6 heteroatoms. The van der Waals surface area contributed by atoms with Crippen LogP contribution in [0.25, 0.3) is 111 Å². The summed E-state index contributed by atoms with van der Waals surface area (Å²) >= 11 is 0. The molecule has 0 fully saturated rings. The summed E-state index contributed by atoms with van der Waals surface area (Å²) in [7, 11) is 0. The molecule has 6 nitrogen and oxygen atoms in total. The van der Waals surface area contributed by atoms with Gasteiger partial charge < -0.3 is 13.6 Å². The first-order chi connectivity index (χ1) is 28.3. The van der Waals surface area contributed by atoms with E-state index in [1.807, 2.05) is 48.5 Å². The van der Waals surface area contributed by atoms with Crippen LogP contribution in [0.1, 0.15) is 0 Å². The number of furan rings is 1. The van der Waals surface area contributed by atoms with Crippen molar-refractivity contribution in [2.24, 2.45) is 0 Å². The van der Waals surface area contributed by atoms with Crippen molar-refractivity contribution < 1.29 is 4.42 Å². The average Bonchev–Trinajstić information content (AvgIpc) is 3.95. The standard InChI is InChI=1S/C51H31N5O/c1-3-15-32(16-4-1)49-52-50(33-17-5-2-6-18-33)54-51(53-49)41-31-34(27-30-45(41)56-43-24-12-7-19-35(43)36-20-8-13-25-44(36)56)55-42-23-11-9-21-37(42)39-28-29-40-38-22-10-14-26-46(38)57-48(40)47(39)55/h1-31H. The maximum atomic E-state index is 6.72. The minimum atomic E-state index is 0.580. The summed E-state index contributed by atoms with van der Waals surface area (Å²) < 4.78 is 11.4. The average molecular weight is 730 g/mol. The molecule has 12 rings (SSSR count). The number of hydrogen-bond acceptors (Lipinski definition) is 4. The van der Waals surface area contributed by atoms with E-state index in [2.05, 4.69) is 149 Å². The fourth-order valence-corrected chi connectivity index (χ4v) is 8.65. The van der Waals surface area contributed by atoms with Gasteiger partial charge in [-0.25, -0.2) is 15.0 Å². The quantitative estimate of drug-likeness (QED) is 0.177. The van der Waals surface area contributed by atoms with Crippen LogP contribution in [0.2, 0.25) is 0 Å². The van der Waals surface area contributed by atoms with Gasteiger partial charge in [0.25, 0.3) is 0 Å². The minimum Gasteiger partial charge on any atom is -0.454 e. The van der Waals surface area contributed by atoms with Crippen LogP contribution in [-0.2, 0) is 0 Å². The second kappa shape index (κ2) is 12.3. The maximum Gasteiger partial charge on any atom is 0.166 e. The molecule has 0 N–H and O–H groups in total. The number of rotatable bonds is 5. The summed E-state index contributed by atoms with van der Waals surface area (Å²) in [5.74, 6) is 1.80. The van der Waals surface area contributed by atoms with Gasteiger partial charge in [-0.05, 0) is 48.5 Å². The second-order valence-corrected chi connectivity index (χ2v) is 14.4. The van der Waals surface area contributed by atoms with Crippen molar-refractivity contribution in [3.05, 3.63) is 188 Å². The molecule has 0 spiro atoms. The molecule has 0 amide bonds. The summed E-state index contributed by atoms with van der Waals surface area (Å²) in [6, 6.07) is 65.5. The van der Waals surface area contributed by atoms with Crippen molar-refractivity contribution in [3.8, 4) is 45.5 Å². The molecule has 4 aromatic heterocycles. The molecule has 0 aliphatic rings. The molecule has 4 heterocycles. The van der Waals surface area contributed by atoms with E-state index >= 15 is 0 Å². The van der Waals surface area contributed by atoms with Crippen LogP contribution in [0.4, 0.5) is 0 Å². The third kappa shape index (κ3) is 4.81. The molecule has 0 saturated carbocycles. The third-order valence-corrected chi connectivity index (χ3v) is 11.2. The lowest BCUT2D eigenvalue weighted by Crippen LogP contribution is -2.05. The van der Waals surface area contributed by atoms with Crippen molar-refractivity contribution >= 4 is 65.6 Å². The van der Waals surface area contributed by atoms with E-state index in [0.717, 1.165) is 82.8 Å². The van der Waals surface area contributed by atoms with Crippen molar-refractivity contribution in [2.75, 3.05) is 0 Å². The molecule has 0 bridgehead atoms. The van der Waals surface area contributed by atoms with E-state index in [4.69, 9.17) is 19.4 Å².